The SMILES string of the molecule is CNC(CSc1ncnn1C)C(N)=O. The summed E-state index contributed by atoms with van der Waals surface area (Å²) in [6.07, 6.45) is 1.47. The number of nitrogens with zero attached hydrogens (tertiary/aromatic N) is 3. The number of amides is 1. The number of nitrogens with two attached hydrogens (primary N) is 1. The van der Waals surface area contributed by atoms with E-state index in [0.717, 1.165) is 5.16 Å². The molecule has 0 saturated heterocycles. The molecular weight excluding hydrogens is 202 g/mol. The summed E-state index contributed by atoms with van der Waals surface area (Å²) in [7, 11) is 3.50. The van der Waals surface area contributed by atoms with Gasteiger partial charge in [-0.05, 0) is 7.05 Å². The van der Waals surface area contributed by atoms with Crippen molar-refractivity contribution in [1.29, 1.82) is 0 Å². The van der Waals surface area contributed by atoms with Gasteiger partial charge in [0.2, 0.25) is 5.91 Å². The van der Waals surface area contributed by atoms with E-state index in [9.17, 15) is 4.79 Å². The summed E-state index contributed by atoms with van der Waals surface area (Å²) in [5, 5.41) is 7.51. The van der Waals surface area contributed by atoms with Gasteiger partial charge in [0.25, 0.3) is 0 Å². The minimum absolute atomic E-state index is 0.336. The summed E-state index contributed by atoms with van der Waals surface area (Å²) >= 11 is 1.44. The Kier molecular flexibility index (Phi) is 3.90. The molecule has 1 rings (SSSR count). The Morgan fingerprint density at radius 2 is 2.57 bits per heavy atom. The van der Waals surface area contributed by atoms with E-state index in [1.165, 1.54) is 18.1 Å². The molecule has 0 aromatic carbocycles. The number of aromatic nitrogens is 3. The molecule has 1 amide bonds. The van der Waals surface area contributed by atoms with E-state index in [-0.39, 0.29) is 11.9 Å². The first-order valence-electron chi connectivity index (χ1n) is 4.08. The van der Waals surface area contributed by atoms with Crippen LogP contribution >= 0.6 is 11.8 Å². The second-order valence-electron chi connectivity index (χ2n) is 2.72. The standard InChI is InChI=1S/C7H13N5OS/c1-9-5(6(8)13)3-14-7-10-4-11-12(7)2/h4-5,9H,3H2,1-2H3,(H2,8,13). The molecule has 78 valence electrons. The Balaban J connectivity index is 2.47. The number of hydrogen-bond donors (Lipinski definition) is 2. The highest BCUT2D eigenvalue weighted by Gasteiger charge is 2.14. The molecule has 14 heavy (non-hydrogen) atoms. The van der Waals surface area contributed by atoms with E-state index in [4.69, 9.17) is 5.73 Å². The van der Waals surface area contributed by atoms with E-state index in [0.29, 0.717) is 5.75 Å². The van der Waals surface area contributed by atoms with Gasteiger partial charge in [0.05, 0.1) is 6.04 Å². The van der Waals surface area contributed by atoms with Crippen LogP contribution < -0.4 is 11.1 Å². The largest absolute Gasteiger partial charge is 0.368 e. The monoisotopic (exact) mass is 215 g/mol. The van der Waals surface area contributed by atoms with Gasteiger partial charge in [0.15, 0.2) is 5.16 Å². The lowest BCUT2D eigenvalue weighted by Crippen LogP contribution is -2.41. The molecule has 7 heteroatoms. The molecule has 0 aliphatic heterocycles. The molecule has 0 bridgehead atoms. The highest BCUT2D eigenvalue weighted by molar-refractivity contribution is 7.99. The van der Waals surface area contributed by atoms with Gasteiger partial charge in [0, 0.05) is 12.8 Å². The molecule has 0 spiro atoms. The third-order valence-corrected chi connectivity index (χ3v) is 2.87. The number of hydrogen-bond acceptors (Lipinski definition) is 5. The third-order valence-electron chi connectivity index (χ3n) is 1.74. The molecule has 0 fully saturated rings. The van der Waals surface area contributed by atoms with Gasteiger partial charge in [-0.15, -0.1) is 0 Å². The fourth-order valence-electron chi connectivity index (χ4n) is 0.882. The van der Waals surface area contributed by atoms with Crippen molar-refractivity contribution in [3.63, 3.8) is 0 Å². The van der Waals surface area contributed by atoms with Gasteiger partial charge >= 0.3 is 0 Å². The molecular formula is C7H13N5OS. The number of carbonyl (C=O) groups is 1. The predicted octanol–water partition coefficient (Wildman–Crippen LogP) is -1.02. The smallest absolute Gasteiger partial charge is 0.235 e. The van der Waals surface area contributed by atoms with Gasteiger partial charge in [-0.2, -0.15) is 5.10 Å². The van der Waals surface area contributed by atoms with Crippen LogP contribution in [0.4, 0.5) is 0 Å². The normalized spacial score (nSPS) is 12.7. The van der Waals surface area contributed by atoms with E-state index in [1.54, 1.807) is 18.8 Å². The number of rotatable bonds is 5. The fourth-order valence-corrected chi connectivity index (χ4v) is 1.88. The molecule has 3 N–H and O–H groups in total. The number of aryl methyl sites for hydroxylation is 1. The van der Waals surface area contributed by atoms with Gasteiger partial charge in [0.1, 0.15) is 6.33 Å². The van der Waals surface area contributed by atoms with Crippen LogP contribution in [0.3, 0.4) is 0 Å². The second kappa shape index (κ2) is 4.97. The summed E-state index contributed by atoms with van der Waals surface area (Å²) in [6, 6.07) is -0.336. The lowest BCUT2D eigenvalue weighted by molar-refractivity contribution is -0.119. The lowest BCUT2D eigenvalue weighted by Gasteiger charge is -2.10. The number of carbonyl (C=O) groups excluding carboxylic acids is 1. The van der Waals surface area contributed by atoms with Crippen molar-refractivity contribution in [1.82, 2.24) is 20.1 Å². The zero-order valence-corrected chi connectivity index (χ0v) is 8.91. The zero-order valence-electron chi connectivity index (χ0n) is 8.10. The summed E-state index contributed by atoms with van der Waals surface area (Å²) in [6.45, 7) is 0. The van der Waals surface area contributed by atoms with Crippen LogP contribution in [0.1, 0.15) is 0 Å². The van der Waals surface area contributed by atoms with Crippen LogP contribution in [-0.2, 0) is 11.8 Å². The quantitative estimate of drug-likeness (QED) is 0.614. The van der Waals surface area contributed by atoms with Gasteiger partial charge in [-0.3, -0.25) is 4.79 Å². The summed E-state index contributed by atoms with van der Waals surface area (Å²) < 4.78 is 1.65. The van der Waals surface area contributed by atoms with E-state index >= 15 is 0 Å². The molecule has 1 atom stereocenters. The molecule has 1 unspecified atom stereocenters. The van der Waals surface area contributed by atoms with E-state index < -0.39 is 0 Å². The maximum atomic E-state index is 10.9. The van der Waals surface area contributed by atoms with Crippen molar-refractivity contribution < 1.29 is 4.79 Å². The Morgan fingerprint density at radius 1 is 1.86 bits per heavy atom. The van der Waals surface area contributed by atoms with Crippen LogP contribution in [-0.4, -0.2) is 39.5 Å². The number of nitrogens with one attached hydrogen (secondary N) is 1. The summed E-state index contributed by atoms with van der Waals surface area (Å²) in [5.74, 6) is 0.195. The van der Waals surface area contributed by atoms with Crippen LogP contribution in [0, 0.1) is 0 Å². The van der Waals surface area contributed by atoms with Crippen molar-refractivity contribution >= 4 is 17.7 Å². The van der Waals surface area contributed by atoms with Crippen molar-refractivity contribution in [3.8, 4) is 0 Å². The average molecular weight is 215 g/mol. The van der Waals surface area contributed by atoms with Crippen molar-refractivity contribution in [2.45, 2.75) is 11.2 Å². The average Bonchev–Trinajstić information content (AvgIpc) is 2.52. The fraction of sp³-hybridized carbons (Fsp3) is 0.571. The van der Waals surface area contributed by atoms with Crippen molar-refractivity contribution in [3.05, 3.63) is 6.33 Å². The maximum absolute atomic E-state index is 10.9. The van der Waals surface area contributed by atoms with Crippen molar-refractivity contribution in [2.24, 2.45) is 12.8 Å². The van der Waals surface area contributed by atoms with Gasteiger partial charge < -0.3 is 11.1 Å². The number of likely N-dealkylation sites (N-methyl/N-ethyl adjacent to an activating group) is 1. The van der Waals surface area contributed by atoms with Crippen LogP contribution in [0.2, 0.25) is 0 Å². The Morgan fingerprint density at radius 3 is 3.00 bits per heavy atom. The van der Waals surface area contributed by atoms with Crippen LogP contribution in [0.15, 0.2) is 11.5 Å². The molecule has 1 heterocycles. The molecule has 6 nitrogen and oxygen atoms in total. The maximum Gasteiger partial charge on any atom is 0.235 e. The molecule has 1 aromatic rings. The number of primary amides is 1. The van der Waals surface area contributed by atoms with E-state index in [2.05, 4.69) is 15.4 Å². The first-order valence-corrected chi connectivity index (χ1v) is 5.07. The minimum atomic E-state index is -0.359. The van der Waals surface area contributed by atoms with Crippen molar-refractivity contribution in [2.75, 3.05) is 12.8 Å². The second-order valence-corrected chi connectivity index (χ2v) is 3.71. The first-order chi connectivity index (χ1) is 6.65. The molecule has 0 aliphatic rings. The van der Waals surface area contributed by atoms with Gasteiger partial charge in [-0.25, -0.2) is 9.67 Å². The minimum Gasteiger partial charge on any atom is -0.368 e. The first kappa shape index (κ1) is 11.0. The van der Waals surface area contributed by atoms with Crippen LogP contribution in [0.5, 0.6) is 0 Å². The molecule has 0 saturated carbocycles. The Hall–Kier alpha value is -1.08. The Bertz CT molecular complexity index is 313. The summed E-state index contributed by atoms with van der Waals surface area (Å²) in [5.41, 5.74) is 5.17. The van der Waals surface area contributed by atoms with Gasteiger partial charge in [-0.1, -0.05) is 11.8 Å². The molecule has 0 radical (unpaired) electrons. The van der Waals surface area contributed by atoms with E-state index in [1.807, 2.05) is 0 Å². The zero-order chi connectivity index (χ0) is 10.6. The molecule has 1 aromatic heterocycles. The topological polar surface area (TPSA) is 85.8 Å². The van der Waals surface area contributed by atoms with Crippen LogP contribution in [0.25, 0.3) is 0 Å². The Labute approximate surface area is 86.3 Å². The lowest BCUT2D eigenvalue weighted by atomic mass is 10.3. The summed E-state index contributed by atoms with van der Waals surface area (Å²) in [4.78, 5) is 14.9. The highest BCUT2D eigenvalue weighted by atomic mass is 32.2. The predicted molar refractivity (Wildman–Crippen MR) is 53.8 cm³/mol. The molecule has 0 aliphatic carbocycles. The number of thioether (sulfide) groups is 1. The highest BCUT2D eigenvalue weighted by Crippen LogP contribution is 2.13. The third kappa shape index (κ3) is 2.71.